The first-order valence-corrected chi connectivity index (χ1v) is 7.23. The number of carbonyl (C=O) groups is 1. The van der Waals surface area contributed by atoms with Crippen molar-refractivity contribution in [2.24, 2.45) is 0 Å². The third kappa shape index (κ3) is 2.10. The van der Waals surface area contributed by atoms with Crippen molar-refractivity contribution in [3.63, 3.8) is 0 Å². The maximum Gasteiger partial charge on any atom is 0.350 e. The van der Waals surface area contributed by atoms with E-state index in [-0.39, 0.29) is 5.97 Å². The van der Waals surface area contributed by atoms with Gasteiger partial charge in [0.2, 0.25) is 0 Å². The molecular formula is C15H14N2O2S. The number of para-hydroxylation sites is 1. The molecule has 0 aliphatic carbocycles. The third-order valence-corrected chi connectivity index (χ3v) is 4.25. The van der Waals surface area contributed by atoms with E-state index in [1.54, 1.807) is 6.92 Å². The zero-order chi connectivity index (χ0) is 14.1. The van der Waals surface area contributed by atoms with Crippen LogP contribution in [0.3, 0.4) is 0 Å². The van der Waals surface area contributed by atoms with Gasteiger partial charge in [-0.3, -0.25) is 0 Å². The molecule has 0 fully saturated rings. The van der Waals surface area contributed by atoms with Crippen LogP contribution in [0.4, 0.5) is 0 Å². The Hall–Kier alpha value is -2.14. The highest BCUT2D eigenvalue weighted by atomic mass is 32.1. The molecule has 0 aliphatic rings. The number of benzene rings is 1. The summed E-state index contributed by atoms with van der Waals surface area (Å²) in [6.07, 6.45) is 1.93. The fourth-order valence-electron chi connectivity index (χ4n) is 2.15. The number of nitrogens with one attached hydrogen (secondary N) is 1. The Morgan fingerprint density at radius 2 is 2.20 bits per heavy atom. The highest BCUT2D eigenvalue weighted by Crippen LogP contribution is 2.33. The van der Waals surface area contributed by atoms with E-state index in [0.29, 0.717) is 17.2 Å². The van der Waals surface area contributed by atoms with E-state index < -0.39 is 0 Å². The molecule has 3 rings (SSSR count). The number of H-pyrrole nitrogens is 1. The summed E-state index contributed by atoms with van der Waals surface area (Å²) >= 11 is 1.37. The highest BCUT2D eigenvalue weighted by Gasteiger charge is 2.18. The highest BCUT2D eigenvalue weighted by molar-refractivity contribution is 7.17. The lowest BCUT2D eigenvalue weighted by atomic mass is 10.2. The van der Waals surface area contributed by atoms with Gasteiger partial charge in [-0.2, -0.15) is 0 Å². The second kappa shape index (κ2) is 5.09. The van der Waals surface area contributed by atoms with E-state index in [0.717, 1.165) is 21.5 Å². The van der Waals surface area contributed by atoms with Gasteiger partial charge in [0.05, 0.1) is 12.3 Å². The molecule has 0 spiro atoms. The summed E-state index contributed by atoms with van der Waals surface area (Å²) in [6, 6.07) is 8.04. The molecule has 4 nitrogen and oxygen atoms in total. The first kappa shape index (κ1) is 12.9. The zero-order valence-corrected chi connectivity index (χ0v) is 12.1. The van der Waals surface area contributed by atoms with Crippen LogP contribution in [-0.2, 0) is 4.74 Å². The molecule has 20 heavy (non-hydrogen) atoms. The van der Waals surface area contributed by atoms with Crippen LogP contribution in [0.25, 0.3) is 21.5 Å². The van der Waals surface area contributed by atoms with E-state index in [4.69, 9.17) is 4.74 Å². The summed E-state index contributed by atoms with van der Waals surface area (Å²) < 4.78 is 5.05. The zero-order valence-electron chi connectivity index (χ0n) is 11.3. The van der Waals surface area contributed by atoms with Crippen molar-refractivity contribution in [3.05, 3.63) is 41.0 Å². The molecule has 2 heterocycles. The molecule has 2 aromatic heterocycles. The summed E-state index contributed by atoms with van der Waals surface area (Å²) in [7, 11) is 0. The van der Waals surface area contributed by atoms with Crippen LogP contribution in [0.2, 0.25) is 0 Å². The summed E-state index contributed by atoms with van der Waals surface area (Å²) in [5.74, 6) is -0.298. The molecule has 0 radical (unpaired) electrons. The maximum absolute atomic E-state index is 11.9. The maximum atomic E-state index is 11.9. The van der Waals surface area contributed by atoms with Gasteiger partial charge in [-0.25, -0.2) is 9.78 Å². The number of hydrogen-bond donors (Lipinski definition) is 1. The molecule has 5 heteroatoms. The van der Waals surface area contributed by atoms with E-state index in [9.17, 15) is 4.79 Å². The van der Waals surface area contributed by atoms with Gasteiger partial charge in [-0.1, -0.05) is 18.2 Å². The van der Waals surface area contributed by atoms with E-state index in [1.165, 1.54) is 11.3 Å². The lowest BCUT2D eigenvalue weighted by Crippen LogP contribution is -2.03. The van der Waals surface area contributed by atoms with E-state index >= 15 is 0 Å². The molecule has 0 saturated heterocycles. The topological polar surface area (TPSA) is 55.0 Å². The minimum atomic E-state index is -0.298. The number of carbonyl (C=O) groups excluding carboxylic acids is 1. The largest absolute Gasteiger partial charge is 0.462 e. The second-order valence-electron chi connectivity index (χ2n) is 4.40. The molecule has 0 aliphatic heterocycles. The Morgan fingerprint density at radius 3 is 3.00 bits per heavy atom. The number of thiazole rings is 1. The molecule has 0 saturated carbocycles. The molecule has 3 aromatic rings. The number of aromatic amines is 1. The molecule has 1 N–H and O–H groups in total. The predicted molar refractivity (Wildman–Crippen MR) is 80.1 cm³/mol. The first-order valence-electron chi connectivity index (χ1n) is 6.41. The lowest BCUT2D eigenvalue weighted by molar-refractivity contribution is 0.0531. The van der Waals surface area contributed by atoms with Crippen molar-refractivity contribution >= 4 is 28.2 Å². The van der Waals surface area contributed by atoms with Crippen molar-refractivity contribution < 1.29 is 9.53 Å². The normalized spacial score (nSPS) is 10.9. The van der Waals surface area contributed by atoms with Crippen molar-refractivity contribution in [2.75, 3.05) is 6.61 Å². The Labute approximate surface area is 120 Å². The standard InChI is InChI=1S/C15H14N2O2S/c1-3-19-15(18)13-9(2)17-14(20-13)11-8-16-12-7-5-4-6-10(11)12/h4-8,16H,3H2,1-2H3. The van der Waals surface area contributed by atoms with Gasteiger partial charge >= 0.3 is 5.97 Å². The van der Waals surface area contributed by atoms with Crippen LogP contribution in [0.15, 0.2) is 30.5 Å². The van der Waals surface area contributed by atoms with Crippen molar-refractivity contribution in [1.82, 2.24) is 9.97 Å². The van der Waals surface area contributed by atoms with Crippen molar-refractivity contribution in [1.29, 1.82) is 0 Å². The molecule has 0 unspecified atom stereocenters. The average molecular weight is 286 g/mol. The molecule has 0 atom stereocenters. The minimum Gasteiger partial charge on any atom is -0.462 e. The van der Waals surface area contributed by atoms with Gasteiger partial charge in [-0.15, -0.1) is 11.3 Å². The van der Waals surface area contributed by atoms with Crippen molar-refractivity contribution in [2.45, 2.75) is 13.8 Å². The van der Waals surface area contributed by atoms with Gasteiger partial charge in [0, 0.05) is 22.7 Å². The Morgan fingerprint density at radius 1 is 1.40 bits per heavy atom. The van der Waals surface area contributed by atoms with Crippen LogP contribution in [0.1, 0.15) is 22.3 Å². The number of aromatic nitrogens is 2. The number of esters is 1. The van der Waals surface area contributed by atoms with Gasteiger partial charge in [0.25, 0.3) is 0 Å². The number of hydrogen-bond acceptors (Lipinski definition) is 4. The summed E-state index contributed by atoms with van der Waals surface area (Å²) in [4.78, 5) is 20.2. The van der Waals surface area contributed by atoms with Crippen LogP contribution in [0.5, 0.6) is 0 Å². The van der Waals surface area contributed by atoms with Crippen LogP contribution < -0.4 is 0 Å². The number of ether oxygens (including phenoxy) is 1. The fraction of sp³-hybridized carbons (Fsp3) is 0.200. The lowest BCUT2D eigenvalue weighted by Gasteiger charge is -1.97. The van der Waals surface area contributed by atoms with Gasteiger partial charge in [0.1, 0.15) is 9.88 Å². The Bertz CT molecular complexity index is 773. The number of aryl methyl sites for hydroxylation is 1. The molecule has 0 bridgehead atoms. The van der Waals surface area contributed by atoms with Gasteiger partial charge in [-0.05, 0) is 19.9 Å². The van der Waals surface area contributed by atoms with Gasteiger partial charge in [0.15, 0.2) is 0 Å². The minimum absolute atomic E-state index is 0.298. The Kier molecular flexibility index (Phi) is 3.28. The fourth-order valence-corrected chi connectivity index (χ4v) is 3.14. The van der Waals surface area contributed by atoms with Crippen LogP contribution in [0, 0.1) is 6.92 Å². The SMILES string of the molecule is CCOC(=O)c1sc(-c2c[nH]c3ccccc23)nc1C. The molecule has 1 aromatic carbocycles. The smallest absolute Gasteiger partial charge is 0.350 e. The Balaban J connectivity index is 2.07. The predicted octanol–water partition coefficient (Wildman–Crippen LogP) is 3.78. The van der Waals surface area contributed by atoms with Crippen molar-refractivity contribution in [3.8, 4) is 10.6 Å². The number of nitrogens with zero attached hydrogens (tertiary/aromatic N) is 1. The molecule has 102 valence electrons. The van der Waals surface area contributed by atoms with Crippen LogP contribution >= 0.6 is 11.3 Å². The summed E-state index contributed by atoms with van der Waals surface area (Å²) in [5, 5.41) is 1.94. The van der Waals surface area contributed by atoms with E-state index in [2.05, 4.69) is 9.97 Å². The van der Waals surface area contributed by atoms with E-state index in [1.807, 2.05) is 37.4 Å². The van der Waals surface area contributed by atoms with Crippen LogP contribution in [-0.4, -0.2) is 22.5 Å². The first-order chi connectivity index (χ1) is 9.70. The molecular weight excluding hydrogens is 272 g/mol. The summed E-state index contributed by atoms with van der Waals surface area (Å²) in [5.41, 5.74) is 2.80. The molecule has 0 amide bonds. The summed E-state index contributed by atoms with van der Waals surface area (Å²) in [6.45, 7) is 4.01. The second-order valence-corrected chi connectivity index (χ2v) is 5.40. The quantitative estimate of drug-likeness (QED) is 0.745. The number of fused-ring (bicyclic) bond motifs is 1. The monoisotopic (exact) mass is 286 g/mol. The average Bonchev–Trinajstić information content (AvgIpc) is 3.02. The number of rotatable bonds is 3. The van der Waals surface area contributed by atoms with Gasteiger partial charge < -0.3 is 9.72 Å². The third-order valence-electron chi connectivity index (χ3n) is 3.08.